The zero-order valence-corrected chi connectivity index (χ0v) is 14.7. The number of nitrogens with zero attached hydrogens (tertiary/aromatic N) is 3. The molecule has 0 aliphatic heterocycles. The van der Waals surface area contributed by atoms with Gasteiger partial charge in [-0.3, -0.25) is 9.59 Å². The molecule has 24 heavy (non-hydrogen) atoms. The van der Waals surface area contributed by atoms with Gasteiger partial charge >= 0.3 is 0 Å². The first kappa shape index (κ1) is 16.7. The van der Waals surface area contributed by atoms with E-state index in [1.807, 2.05) is 37.1 Å². The molecule has 1 aliphatic carbocycles. The highest BCUT2D eigenvalue weighted by Gasteiger charge is 2.28. The summed E-state index contributed by atoms with van der Waals surface area (Å²) in [5.74, 6) is 0.466. The standard InChI is InChI=1S/C19H25N3O2/c1-13-8-4-7-11-17(13)21(3)18(23)12-22-19(24)16-10-6-5-9-15(16)14(2)20-22/h5-6,9-10,13,17H,4,7-8,11-12H2,1-3H3. The molecular weight excluding hydrogens is 302 g/mol. The SMILES string of the molecule is Cc1nn(CC(=O)N(C)C2CCCCC2C)c(=O)c2ccccc12. The fourth-order valence-electron chi connectivity index (χ4n) is 3.81. The number of carbonyl (C=O) groups excluding carboxylic acids is 1. The third kappa shape index (κ3) is 3.07. The predicted octanol–water partition coefficient (Wildman–Crippen LogP) is 2.74. The molecule has 0 N–H and O–H groups in total. The van der Waals surface area contributed by atoms with Gasteiger partial charge in [0.05, 0.1) is 11.1 Å². The van der Waals surface area contributed by atoms with E-state index in [9.17, 15) is 9.59 Å². The molecule has 128 valence electrons. The van der Waals surface area contributed by atoms with Crippen LogP contribution in [0.3, 0.4) is 0 Å². The Morgan fingerprint density at radius 3 is 2.62 bits per heavy atom. The second kappa shape index (κ2) is 6.75. The van der Waals surface area contributed by atoms with Crippen LogP contribution in [-0.4, -0.2) is 33.7 Å². The minimum atomic E-state index is -0.199. The van der Waals surface area contributed by atoms with Crippen molar-refractivity contribution in [3.8, 4) is 0 Å². The normalized spacial score (nSPS) is 21.0. The summed E-state index contributed by atoms with van der Waals surface area (Å²) in [6.45, 7) is 4.08. The van der Waals surface area contributed by atoms with E-state index in [4.69, 9.17) is 0 Å². The summed E-state index contributed by atoms with van der Waals surface area (Å²) in [6.07, 6.45) is 4.61. The maximum absolute atomic E-state index is 12.7. The molecule has 1 aromatic heterocycles. The van der Waals surface area contributed by atoms with Gasteiger partial charge in [0.1, 0.15) is 6.54 Å². The van der Waals surface area contributed by atoms with Crippen LogP contribution in [0.4, 0.5) is 0 Å². The molecule has 1 heterocycles. The van der Waals surface area contributed by atoms with Crippen molar-refractivity contribution in [1.29, 1.82) is 0 Å². The van der Waals surface area contributed by atoms with Crippen molar-refractivity contribution in [1.82, 2.24) is 14.7 Å². The number of benzene rings is 1. The average Bonchev–Trinajstić information content (AvgIpc) is 2.59. The number of carbonyl (C=O) groups is 1. The highest BCUT2D eigenvalue weighted by molar-refractivity contribution is 5.83. The lowest BCUT2D eigenvalue weighted by atomic mass is 9.85. The number of aromatic nitrogens is 2. The number of rotatable bonds is 3. The predicted molar refractivity (Wildman–Crippen MR) is 94.9 cm³/mol. The lowest BCUT2D eigenvalue weighted by Crippen LogP contribution is -2.45. The van der Waals surface area contributed by atoms with Crippen LogP contribution in [-0.2, 0) is 11.3 Å². The topological polar surface area (TPSA) is 55.2 Å². The van der Waals surface area contributed by atoms with Gasteiger partial charge in [-0.15, -0.1) is 0 Å². The van der Waals surface area contributed by atoms with Gasteiger partial charge in [-0.1, -0.05) is 38.0 Å². The highest BCUT2D eigenvalue weighted by Crippen LogP contribution is 2.27. The molecule has 0 radical (unpaired) electrons. The second-order valence-corrected chi connectivity index (χ2v) is 6.93. The van der Waals surface area contributed by atoms with Gasteiger partial charge in [-0.05, 0) is 31.7 Å². The Kier molecular flexibility index (Phi) is 4.69. The van der Waals surface area contributed by atoms with Gasteiger partial charge in [0.25, 0.3) is 5.56 Å². The number of amides is 1. The summed E-state index contributed by atoms with van der Waals surface area (Å²) >= 11 is 0. The highest BCUT2D eigenvalue weighted by atomic mass is 16.2. The first-order valence-electron chi connectivity index (χ1n) is 8.71. The lowest BCUT2D eigenvalue weighted by molar-refractivity contribution is -0.134. The van der Waals surface area contributed by atoms with E-state index in [0.717, 1.165) is 23.9 Å². The van der Waals surface area contributed by atoms with Crippen LogP contribution in [0.5, 0.6) is 0 Å². The molecule has 5 heteroatoms. The number of likely N-dealkylation sites (N-methyl/N-ethyl adjacent to an activating group) is 1. The van der Waals surface area contributed by atoms with Crippen LogP contribution in [0.1, 0.15) is 38.3 Å². The van der Waals surface area contributed by atoms with Crippen molar-refractivity contribution in [3.63, 3.8) is 0 Å². The lowest BCUT2D eigenvalue weighted by Gasteiger charge is -2.36. The number of fused-ring (bicyclic) bond motifs is 1. The molecular formula is C19H25N3O2. The second-order valence-electron chi connectivity index (χ2n) is 6.93. The zero-order valence-electron chi connectivity index (χ0n) is 14.7. The molecule has 1 fully saturated rings. The Labute approximate surface area is 142 Å². The minimum Gasteiger partial charge on any atom is -0.341 e. The quantitative estimate of drug-likeness (QED) is 0.871. The zero-order chi connectivity index (χ0) is 17.3. The van der Waals surface area contributed by atoms with Crippen molar-refractivity contribution in [2.24, 2.45) is 5.92 Å². The van der Waals surface area contributed by atoms with Crippen LogP contribution in [0, 0.1) is 12.8 Å². The first-order chi connectivity index (χ1) is 11.5. The third-order valence-corrected chi connectivity index (χ3v) is 5.29. The Balaban J connectivity index is 1.85. The molecule has 1 saturated carbocycles. The average molecular weight is 327 g/mol. The van der Waals surface area contributed by atoms with Gasteiger partial charge in [-0.2, -0.15) is 5.10 Å². The van der Waals surface area contributed by atoms with Gasteiger partial charge in [0.15, 0.2) is 0 Å². The molecule has 1 amide bonds. The van der Waals surface area contributed by atoms with E-state index in [1.165, 1.54) is 17.5 Å². The Hall–Kier alpha value is -2.17. The van der Waals surface area contributed by atoms with E-state index in [1.54, 1.807) is 6.07 Å². The van der Waals surface area contributed by atoms with Gasteiger partial charge < -0.3 is 4.90 Å². The van der Waals surface area contributed by atoms with E-state index in [2.05, 4.69) is 12.0 Å². The van der Waals surface area contributed by atoms with E-state index >= 15 is 0 Å². The van der Waals surface area contributed by atoms with Crippen molar-refractivity contribution in [3.05, 3.63) is 40.3 Å². The molecule has 2 atom stereocenters. The Bertz CT molecular complexity index is 812. The number of aryl methyl sites for hydroxylation is 1. The van der Waals surface area contributed by atoms with E-state index < -0.39 is 0 Å². The van der Waals surface area contributed by atoms with Gasteiger partial charge in [0.2, 0.25) is 5.91 Å². The molecule has 0 spiro atoms. The van der Waals surface area contributed by atoms with Gasteiger partial charge in [-0.25, -0.2) is 4.68 Å². The Morgan fingerprint density at radius 1 is 1.25 bits per heavy atom. The summed E-state index contributed by atoms with van der Waals surface area (Å²) in [5, 5.41) is 5.81. The maximum Gasteiger partial charge on any atom is 0.275 e. The summed E-state index contributed by atoms with van der Waals surface area (Å²) in [4.78, 5) is 27.1. The molecule has 1 aromatic carbocycles. The van der Waals surface area contributed by atoms with Crippen molar-refractivity contribution < 1.29 is 4.79 Å². The largest absolute Gasteiger partial charge is 0.341 e. The van der Waals surface area contributed by atoms with Crippen molar-refractivity contribution >= 4 is 16.7 Å². The molecule has 2 unspecified atom stereocenters. The summed E-state index contributed by atoms with van der Waals surface area (Å²) in [5.41, 5.74) is 0.571. The van der Waals surface area contributed by atoms with Crippen molar-refractivity contribution in [2.75, 3.05) is 7.05 Å². The van der Waals surface area contributed by atoms with Crippen LogP contribution < -0.4 is 5.56 Å². The summed E-state index contributed by atoms with van der Waals surface area (Å²) < 4.78 is 1.31. The molecule has 0 bridgehead atoms. The molecule has 2 aromatic rings. The molecule has 5 nitrogen and oxygen atoms in total. The fraction of sp³-hybridized carbons (Fsp3) is 0.526. The maximum atomic E-state index is 12.7. The van der Waals surface area contributed by atoms with Crippen LogP contribution in [0.15, 0.2) is 29.1 Å². The first-order valence-corrected chi connectivity index (χ1v) is 8.71. The number of hydrogen-bond donors (Lipinski definition) is 0. The van der Waals surface area contributed by atoms with Crippen LogP contribution in [0.25, 0.3) is 10.8 Å². The monoisotopic (exact) mass is 327 g/mol. The fourth-order valence-corrected chi connectivity index (χ4v) is 3.81. The van der Waals surface area contributed by atoms with E-state index in [-0.39, 0.29) is 24.1 Å². The third-order valence-electron chi connectivity index (χ3n) is 5.29. The molecule has 1 aliphatic rings. The summed E-state index contributed by atoms with van der Waals surface area (Å²) in [7, 11) is 1.85. The van der Waals surface area contributed by atoms with Gasteiger partial charge in [0, 0.05) is 18.5 Å². The molecule has 0 saturated heterocycles. The minimum absolute atomic E-state index is 0.00419. The Morgan fingerprint density at radius 2 is 1.92 bits per heavy atom. The van der Waals surface area contributed by atoms with E-state index in [0.29, 0.717) is 11.3 Å². The molecule has 3 rings (SSSR count). The smallest absolute Gasteiger partial charge is 0.275 e. The van der Waals surface area contributed by atoms with Crippen molar-refractivity contribution in [2.45, 2.75) is 52.1 Å². The van der Waals surface area contributed by atoms with Crippen LogP contribution >= 0.6 is 0 Å². The number of hydrogen-bond acceptors (Lipinski definition) is 3. The van der Waals surface area contributed by atoms with Crippen LogP contribution in [0.2, 0.25) is 0 Å². The summed E-state index contributed by atoms with van der Waals surface area (Å²) in [6, 6.07) is 7.68.